The minimum absolute atomic E-state index is 0.195. The van der Waals surface area contributed by atoms with E-state index in [1.165, 1.54) is 0 Å². The second kappa shape index (κ2) is 7.61. The number of hydrogen-bond donors (Lipinski definition) is 1. The molecule has 0 unspecified atom stereocenters. The number of anilines is 1. The van der Waals surface area contributed by atoms with Gasteiger partial charge in [-0.3, -0.25) is 4.79 Å². The first-order valence-electron chi connectivity index (χ1n) is 9.32. The van der Waals surface area contributed by atoms with Gasteiger partial charge in [0.05, 0.1) is 12.2 Å². The highest BCUT2D eigenvalue weighted by molar-refractivity contribution is 6.06. The largest absolute Gasteiger partial charge is 0.493 e. The predicted molar refractivity (Wildman–Crippen MR) is 104 cm³/mol. The molecule has 0 fully saturated rings. The number of rotatable bonds is 5. The van der Waals surface area contributed by atoms with Crippen LogP contribution in [0.4, 0.5) is 5.69 Å². The SMILES string of the molecule is CCOc1ccccc1C(=O)Nc1cccc(-c2nnc3n2CCCC3)c1. The molecule has 0 bridgehead atoms. The van der Waals surface area contributed by atoms with Crippen LogP contribution in [0.1, 0.15) is 35.9 Å². The summed E-state index contributed by atoms with van der Waals surface area (Å²) < 4.78 is 7.73. The number of hydrogen-bond acceptors (Lipinski definition) is 4. The number of nitrogens with zero attached hydrogens (tertiary/aromatic N) is 3. The lowest BCUT2D eigenvalue weighted by atomic mass is 10.1. The Morgan fingerprint density at radius 3 is 2.93 bits per heavy atom. The van der Waals surface area contributed by atoms with Crippen LogP contribution >= 0.6 is 0 Å². The van der Waals surface area contributed by atoms with E-state index in [2.05, 4.69) is 20.1 Å². The van der Waals surface area contributed by atoms with Gasteiger partial charge in [-0.15, -0.1) is 10.2 Å². The summed E-state index contributed by atoms with van der Waals surface area (Å²) in [7, 11) is 0. The van der Waals surface area contributed by atoms with E-state index < -0.39 is 0 Å². The Kier molecular flexibility index (Phi) is 4.87. The van der Waals surface area contributed by atoms with Crippen LogP contribution in [0.2, 0.25) is 0 Å². The molecule has 0 aliphatic carbocycles. The fourth-order valence-corrected chi connectivity index (χ4v) is 3.39. The molecule has 2 heterocycles. The molecule has 0 saturated carbocycles. The summed E-state index contributed by atoms with van der Waals surface area (Å²) in [5.74, 6) is 2.28. The third-order valence-corrected chi connectivity index (χ3v) is 4.67. The van der Waals surface area contributed by atoms with Gasteiger partial charge in [0.15, 0.2) is 5.82 Å². The second-order valence-electron chi connectivity index (χ2n) is 6.51. The summed E-state index contributed by atoms with van der Waals surface area (Å²) in [6, 6.07) is 15.0. The highest BCUT2D eigenvalue weighted by Crippen LogP contribution is 2.26. The van der Waals surface area contributed by atoms with Crippen molar-refractivity contribution in [3.63, 3.8) is 0 Å². The van der Waals surface area contributed by atoms with Crippen LogP contribution in [0, 0.1) is 0 Å². The fraction of sp³-hybridized carbons (Fsp3) is 0.286. The van der Waals surface area contributed by atoms with Gasteiger partial charge in [-0.25, -0.2) is 0 Å². The van der Waals surface area contributed by atoms with Crippen molar-refractivity contribution < 1.29 is 9.53 Å². The molecule has 6 nitrogen and oxygen atoms in total. The van der Waals surface area contributed by atoms with Gasteiger partial charge < -0.3 is 14.6 Å². The Labute approximate surface area is 158 Å². The zero-order chi connectivity index (χ0) is 18.6. The van der Waals surface area contributed by atoms with Gasteiger partial charge in [-0.1, -0.05) is 24.3 Å². The molecule has 0 saturated heterocycles. The first-order valence-corrected chi connectivity index (χ1v) is 9.32. The number of nitrogens with one attached hydrogen (secondary N) is 1. The lowest BCUT2D eigenvalue weighted by Crippen LogP contribution is -2.14. The maximum atomic E-state index is 12.7. The number of para-hydroxylation sites is 1. The molecule has 1 aromatic heterocycles. The monoisotopic (exact) mass is 362 g/mol. The summed E-state index contributed by atoms with van der Waals surface area (Å²) >= 11 is 0. The average molecular weight is 362 g/mol. The van der Waals surface area contributed by atoms with Gasteiger partial charge in [0.1, 0.15) is 11.6 Å². The molecule has 2 aromatic carbocycles. The number of ether oxygens (including phenoxy) is 1. The smallest absolute Gasteiger partial charge is 0.259 e. The van der Waals surface area contributed by atoms with Crippen molar-refractivity contribution in [3.8, 4) is 17.1 Å². The van der Waals surface area contributed by atoms with Crippen molar-refractivity contribution in [2.75, 3.05) is 11.9 Å². The molecule has 1 amide bonds. The molecule has 138 valence electrons. The summed E-state index contributed by atoms with van der Waals surface area (Å²) in [6.07, 6.45) is 3.27. The molecule has 3 aromatic rings. The highest BCUT2D eigenvalue weighted by atomic mass is 16.5. The number of aryl methyl sites for hydroxylation is 1. The molecule has 0 spiro atoms. The standard InChI is InChI=1S/C21H22N4O2/c1-2-27-18-11-4-3-10-17(18)21(26)22-16-9-7-8-15(14-16)20-24-23-19-12-5-6-13-25(19)20/h3-4,7-11,14H,2,5-6,12-13H2,1H3,(H,22,26). The van der Waals surface area contributed by atoms with E-state index in [1.54, 1.807) is 12.1 Å². The van der Waals surface area contributed by atoms with Crippen molar-refractivity contribution in [1.29, 1.82) is 0 Å². The van der Waals surface area contributed by atoms with Crippen molar-refractivity contribution in [1.82, 2.24) is 14.8 Å². The molecule has 1 aliphatic rings. The van der Waals surface area contributed by atoms with Crippen LogP contribution in [0.25, 0.3) is 11.4 Å². The number of benzene rings is 2. The molecule has 0 radical (unpaired) electrons. The number of aromatic nitrogens is 3. The summed E-state index contributed by atoms with van der Waals surface area (Å²) in [5, 5.41) is 11.6. The fourth-order valence-electron chi connectivity index (χ4n) is 3.39. The van der Waals surface area contributed by atoms with Gasteiger partial charge in [0.2, 0.25) is 0 Å². The number of fused-ring (bicyclic) bond motifs is 1. The van der Waals surface area contributed by atoms with E-state index >= 15 is 0 Å². The van der Waals surface area contributed by atoms with E-state index in [4.69, 9.17) is 4.74 Å². The summed E-state index contributed by atoms with van der Waals surface area (Å²) in [6.45, 7) is 3.35. The lowest BCUT2D eigenvalue weighted by molar-refractivity contribution is 0.102. The molecular formula is C21H22N4O2. The van der Waals surface area contributed by atoms with Crippen molar-refractivity contribution in [2.24, 2.45) is 0 Å². The quantitative estimate of drug-likeness (QED) is 0.747. The molecule has 1 aliphatic heterocycles. The second-order valence-corrected chi connectivity index (χ2v) is 6.51. The number of amides is 1. The predicted octanol–water partition coefficient (Wildman–Crippen LogP) is 3.93. The van der Waals surface area contributed by atoms with Crippen molar-refractivity contribution >= 4 is 11.6 Å². The molecule has 1 N–H and O–H groups in total. The Hall–Kier alpha value is -3.15. The van der Waals surface area contributed by atoms with Gasteiger partial charge in [0.25, 0.3) is 5.91 Å². The molecule has 27 heavy (non-hydrogen) atoms. The maximum Gasteiger partial charge on any atom is 0.259 e. The van der Waals surface area contributed by atoms with E-state index in [-0.39, 0.29) is 5.91 Å². The lowest BCUT2D eigenvalue weighted by Gasteiger charge is -2.15. The normalized spacial score (nSPS) is 13.1. The van der Waals surface area contributed by atoms with E-state index in [0.717, 1.165) is 48.7 Å². The molecule has 4 rings (SSSR count). The highest BCUT2D eigenvalue weighted by Gasteiger charge is 2.18. The zero-order valence-corrected chi connectivity index (χ0v) is 15.3. The van der Waals surface area contributed by atoms with Crippen LogP contribution in [0.5, 0.6) is 5.75 Å². The van der Waals surface area contributed by atoms with Crippen molar-refractivity contribution in [2.45, 2.75) is 32.7 Å². The first-order chi connectivity index (χ1) is 13.3. The molecule has 6 heteroatoms. The van der Waals surface area contributed by atoms with E-state index in [0.29, 0.717) is 17.9 Å². The van der Waals surface area contributed by atoms with Crippen molar-refractivity contribution in [3.05, 3.63) is 59.9 Å². The number of carbonyl (C=O) groups is 1. The van der Waals surface area contributed by atoms with Crippen LogP contribution < -0.4 is 10.1 Å². The van der Waals surface area contributed by atoms with E-state index in [9.17, 15) is 4.79 Å². The van der Waals surface area contributed by atoms with E-state index in [1.807, 2.05) is 43.3 Å². The Morgan fingerprint density at radius 1 is 1.15 bits per heavy atom. The van der Waals surface area contributed by atoms with Gasteiger partial charge in [-0.2, -0.15) is 0 Å². The third kappa shape index (κ3) is 3.56. The van der Waals surface area contributed by atoms with Gasteiger partial charge >= 0.3 is 0 Å². The molecular weight excluding hydrogens is 340 g/mol. The van der Waals surface area contributed by atoms with Crippen LogP contribution in [-0.4, -0.2) is 27.3 Å². The molecule has 0 atom stereocenters. The number of carbonyl (C=O) groups excluding carboxylic acids is 1. The van der Waals surface area contributed by atoms with Gasteiger partial charge in [0, 0.05) is 24.2 Å². The Morgan fingerprint density at radius 2 is 2.04 bits per heavy atom. The minimum Gasteiger partial charge on any atom is -0.493 e. The Balaban J connectivity index is 1.59. The summed E-state index contributed by atoms with van der Waals surface area (Å²) in [4.78, 5) is 12.7. The minimum atomic E-state index is -0.195. The van der Waals surface area contributed by atoms with Crippen LogP contribution in [0.15, 0.2) is 48.5 Å². The topological polar surface area (TPSA) is 69.0 Å². The summed E-state index contributed by atoms with van der Waals surface area (Å²) in [5.41, 5.74) is 2.19. The Bertz CT molecular complexity index is 964. The average Bonchev–Trinajstić information content (AvgIpc) is 3.13. The van der Waals surface area contributed by atoms with Gasteiger partial charge in [-0.05, 0) is 44.0 Å². The maximum absolute atomic E-state index is 12.7. The van der Waals surface area contributed by atoms with Crippen LogP contribution in [-0.2, 0) is 13.0 Å². The zero-order valence-electron chi connectivity index (χ0n) is 15.3. The third-order valence-electron chi connectivity index (χ3n) is 4.67. The van der Waals surface area contributed by atoms with Crippen LogP contribution in [0.3, 0.4) is 0 Å². The first kappa shape index (κ1) is 17.3.